The highest BCUT2D eigenvalue weighted by Gasteiger charge is 2.23. The zero-order valence-corrected chi connectivity index (χ0v) is 12.9. The minimum absolute atomic E-state index is 0.144. The number of nitrogens with zero attached hydrogens (tertiary/aromatic N) is 1. The quantitative estimate of drug-likeness (QED) is 0.892. The minimum Gasteiger partial charge on any atom is -0.338 e. The Kier molecular flexibility index (Phi) is 3.98. The van der Waals surface area contributed by atoms with Gasteiger partial charge in [0.15, 0.2) is 0 Å². The van der Waals surface area contributed by atoms with E-state index in [0.29, 0.717) is 6.04 Å². The van der Waals surface area contributed by atoms with E-state index in [0.717, 1.165) is 6.42 Å². The number of nitrogens with two attached hydrogens (primary N) is 1. The molecule has 1 aliphatic rings. The van der Waals surface area contributed by atoms with Crippen LogP contribution in [0, 0.1) is 0 Å². The number of fused-ring (bicyclic) bond motifs is 1. The Balaban J connectivity index is 1.96. The average Bonchev–Trinajstić information content (AvgIpc) is 2.54. The van der Waals surface area contributed by atoms with Gasteiger partial charge in [0, 0.05) is 23.5 Å². The fraction of sp³-hybridized carbons (Fsp3) is 0.368. The summed E-state index contributed by atoms with van der Waals surface area (Å²) in [7, 11) is 0. The summed E-state index contributed by atoms with van der Waals surface area (Å²) in [5.74, 6) is 0. The van der Waals surface area contributed by atoms with E-state index in [-0.39, 0.29) is 6.04 Å². The molecule has 2 heteroatoms. The van der Waals surface area contributed by atoms with Gasteiger partial charge in [-0.15, -0.1) is 0 Å². The minimum atomic E-state index is 0.144. The van der Waals surface area contributed by atoms with Gasteiger partial charge < -0.3 is 10.6 Å². The first-order valence-electron chi connectivity index (χ1n) is 7.93. The Morgan fingerprint density at radius 1 is 1.14 bits per heavy atom. The van der Waals surface area contributed by atoms with Crippen LogP contribution >= 0.6 is 0 Å². The SMILES string of the molecule is CC[C@@H](N)c1ccc(N2c3ccccc3CCC2C)cc1. The molecule has 0 radical (unpaired) electrons. The van der Waals surface area contributed by atoms with Crippen molar-refractivity contribution in [2.24, 2.45) is 5.73 Å². The monoisotopic (exact) mass is 280 g/mol. The Bertz CT molecular complexity index is 603. The van der Waals surface area contributed by atoms with E-state index < -0.39 is 0 Å². The Morgan fingerprint density at radius 3 is 2.57 bits per heavy atom. The lowest BCUT2D eigenvalue weighted by Gasteiger charge is -2.37. The van der Waals surface area contributed by atoms with Crippen molar-refractivity contribution in [2.75, 3.05) is 4.90 Å². The molecule has 0 saturated carbocycles. The second-order valence-corrected chi connectivity index (χ2v) is 5.99. The summed E-state index contributed by atoms with van der Waals surface area (Å²) >= 11 is 0. The number of aryl methyl sites for hydroxylation is 1. The van der Waals surface area contributed by atoms with Gasteiger partial charge in [-0.3, -0.25) is 0 Å². The van der Waals surface area contributed by atoms with Crippen LogP contribution in [0.15, 0.2) is 48.5 Å². The Morgan fingerprint density at radius 2 is 1.86 bits per heavy atom. The second-order valence-electron chi connectivity index (χ2n) is 5.99. The lowest BCUT2D eigenvalue weighted by molar-refractivity contribution is 0.618. The lowest BCUT2D eigenvalue weighted by Crippen LogP contribution is -2.33. The van der Waals surface area contributed by atoms with E-state index in [1.807, 2.05) is 0 Å². The fourth-order valence-corrected chi connectivity index (χ4v) is 3.20. The lowest BCUT2D eigenvalue weighted by atomic mass is 9.95. The molecule has 2 nitrogen and oxygen atoms in total. The molecule has 2 atom stereocenters. The van der Waals surface area contributed by atoms with Crippen LogP contribution in [0.5, 0.6) is 0 Å². The number of para-hydroxylation sites is 1. The van der Waals surface area contributed by atoms with Crippen LogP contribution in [0.25, 0.3) is 0 Å². The predicted octanol–water partition coefficient (Wildman–Crippen LogP) is 4.57. The zero-order chi connectivity index (χ0) is 14.8. The summed E-state index contributed by atoms with van der Waals surface area (Å²) in [6, 6.07) is 18.2. The summed E-state index contributed by atoms with van der Waals surface area (Å²) < 4.78 is 0. The summed E-state index contributed by atoms with van der Waals surface area (Å²) in [4.78, 5) is 2.46. The van der Waals surface area contributed by atoms with Gasteiger partial charge in [0.25, 0.3) is 0 Å². The largest absolute Gasteiger partial charge is 0.338 e. The average molecular weight is 280 g/mol. The summed E-state index contributed by atoms with van der Waals surface area (Å²) in [6.45, 7) is 4.43. The van der Waals surface area contributed by atoms with Crippen LogP contribution in [0.2, 0.25) is 0 Å². The highest BCUT2D eigenvalue weighted by Crippen LogP contribution is 2.36. The molecule has 1 heterocycles. The maximum absolute atomic E-state index is 6.11. The third-order valence-corrected chi connectivity index (χ3v) is 4.56. The van der Waals surface area contributed by atoms with Crippen molar-refractivity contribution in [1.29, 1.82) is 0 Å². The van der Waals surface area contributed by atoms with Crippen LogP contribution in [-0.2, 0) is 6.42 Å². The summed E-state index contributed by atoms with van der Waals surface area (Å²) in [6.07, 6.45) is 3.35. The third-order valence-electron chi connectivity index (χ3n) is 4.56. The van der Waals surface area contributed by atoms with Gasteiger partial charge >= 0.3 is 0 Å². The molecule has 0 fully saturated rings. The molecule has 2 aromatic carbocycles. The van der Waals surface area contributed by atoms with E-state index in [9.17, 15) is 0 Å². The number of hydrogen-bond acceptors (Lipinski definition) is 2. The van der Waals surface area contributed by atoms with Crippen molar-refractivity contribution in [3.8, 4) is 0 Å². The molecular weight excluding hydrogens is 256 g/mol. The molecule has 0 aromatic heterocycles. The first-order chi connectivity index (χ1) is 10.2. The molecule has 0 saturated heterocycles. The van der Waals surface area contributed by atoms with Crippen molar-refractivity contribution in [3.05, 3.63) is 59.7 Å². The van der Waals surface area contributed by atoms with Gasteiger partial charge in [-0.25, -0.2) is 0 Å². The van der Waals surface area contributed by atoms with E-state index in [4.69, 9.17) is 5.73 Å². The van der Waals surface area contributed by atoms with Crippen LogP contribution in [0.3, 0.4) is 0 Å². The summed E-state index contributed by atoms with van der Waals surface area (Å²) in [5, 5.41) is 0. The van der Waals surface area contributed by atoms with E-state index in [1.54, 1.807) is 0 Å². The first-order valence-corrected chi connectivity index (χ1v) is 7.93. The van der Waals surface area contributed by atoms with Gasteiger partial charge in [0.05, 0.1) is 0 Å². The van der Waals surface area contributed by atoms with E-state index >= 15 is 0 Å². The molecule has 2 aromatic rings. The standard InChI is InChI=1S/C19H24N2/c1-3-18(20)15-10-12-17(13-11-15)21-14(2)8-9-16-6-4-5-7-19(16)21/h4-7,10-14,18H,3,8-9,20H2,1-2H3/t14?,18-/m1/s1. The molecule has 1 aliphatic heterocycles. The molecule has 3 rings (SSSR count). The normalized spacial score (nSPS) is 19.2. The van der Waals surface area contributed by atoms with E-state index in [2.05, 4.69) is 67.3 Å². The third kappa shape index (κ3) is 2.68. The van der Waals surface area contributed by atoms with E-state index in [1.165, 1.54) is 35.3 Å². The predicted molar refractivity (Wildman–Crippen MR) is 90.0 cm³/mol. The van der Waals surface area contributed by atoms with Crippen LogP contribution in [0.4, 0.5) is 11.4 Å². The molecule has 0 aliphatic carbocycles. The molecule has 1 unspecified atom stereocenters. The smallest absolute Gasteiger partial charge is 0.0445 e. The summed E-state index contributed by atoms with van der Waals surface area (Å²) in [5.41, 5.74) is 11.4. The second kappa shape index (κ2) is 5.90. The van der Waals surface area contributed by atoms with Gasteiger partial charge in [0.2, 0.25) is 0 Å². The highest BCUT2D eigenvalue weighted by molar-refractivity contribution is 5.68. The van der Waals surface area contributed by atoms with Gasteiger partial charge in [-0.2, -0.15) is 0 Å². The van der Waals surface area contributed by atoms with Crippen LogP contribution in [0.1, 0.15) is 43.9 Å². The topological polar surface area (TPSA) is 29.3 Å². The number of hydrogen-bond donors (Lipinski definition) is 1. The van der Waals surface area contributed by atoms with Gasteiger partial charge in [-0.05, 0) is 55.5 Å². The molecule has 110 valence electrons. The van der Waals surface area contributed by atoms with Crippen molar-refractivity contribution in [2.45, 2.75) is 45.2 Å². The fourth-order valence-electron chi connectivity index (χ4n) is 3.20. The molecule has 2 N–H and O–H groups in total. The maximum Gasteiger partial charge on any atom is 0.0445 e. The molecule has 0 amide bonds. The first kappa shape index (κ1) is 14.2. The highest BCUT2D eigenvalue weighted by atomic mass is 15.2. The molecular formula is C19H24N2. The Labute approximate surface area is 127 Å². The zero-order valence-electron chi connectivity index (χ0n) is 12.9. The number of anilines is 2. The number of rotatable bonds is 3. The van der Waals surface area contributed by atoms with Crippen molar-refractivity contribution in [3.63, 3.8) is 0 Å². The van der Waals surface area contributed by atoms with Crippen LogP contribution in [-0.4, -0.2) is 6.04 Å². The molecule has 0 bridgehead atoms. The molecule has 21 heavy (non-hydrogen) atoms. The maximum atomic E-state index is 6.11. The Hall–Kier alpha value is -1.80. The number of benzene rings is 2. The van der Waals surface area contributed by atoms with Gasteiger partial charge in [-0.1, -0.05) is 37.3 Å². The van der Waals surface area contributed by atoms with Crippen molar-refractivity contribution >= 4 is 11.4 Å². The van der Waals surface area contributed by atoms with Crippen LogP contribution < -0.4 is 10.6 Å². The van der Waals surface area contributed by atoms with Gasteiger partial charge in [0.1, 0.15) is 0 Å². The van der Waals surface area contributed by atoms with Crippen molar-refractivity contribution in [1.82, 2.24) is 0 Å². The van der Waals surface area contributed by atoms with Crippen molar-refractivity contribution < 1.29 is 0 Å². The molecule has 0 spiro atoms.